The van der Waals surface area contributed by atoms with Gasteiger partial charge in [0.25, 0.3) is 0 Å². The molecule has 1 aromatic heterocycles. The van der Waals surface area contributed by atoms with Crippen molar-refractivity contribution in [2.24, 2.45) is 0 Å². The van der Waals surface area contributed by atoms with Gasteiger partial charge < -0.3 is 9.47 Å². The number of benzene rings is 2. The molecule has 1 amide bonds. The number of anilines is 1. The van der Waals surface area contributed by atoms with Gasteiger partial charge in [0.2, 0.25) is 0 Å². The van der Waals surface area contributed by atoms with Gasteiger partial charge in [-0.2, -0.15) is 0 Å². The fourth-order valence-corrected chi connectivity index (χ4v) is 2.55. The summed E-state index contributed by atoms with van der Waals surface area (Å²) < 4.78 is 11.3. The average Bonchev–Trinajstić information content (AvgIpc) is 2.97. The van der Waals surface area contributed by atoms with Gasteiger partial charge in [0.1, 0.15) is 11.3 Å². The van der Waals surface area contributed by atoms with Crippen molar-refractivity contribution in [1.29, 1.82) is 0 Å². The van der Waals surface area contributed by atoms with Crippen molar-refractivity contribution in [2.45, 2.75) is 0 Å². The molecule has 0 aliphatic carbocycles. The molecule has 3 aromatic rings. The zero-order valence-corrected chi connectivity index (χ0v) is 12.0. The van der Waals surface area contributed by atoms with E-state index in [2.05, 4.69) is 10.3 Å². The van der Waals surface area contributed by atoms with Crippen molar-refractivity contribution in [3.05, 3.63) is 48.0 Å². The van der Waals surface area contributed by atoms with Crippen LogP contribution in [-0.2, 0) is 0 Å². The zero-order valence-electron chi connectivity index (χ0n) is 11.2. The Bertz CT molecular complexity index is 768. The molecular weight excluding hydrogens is 288 g/mol. The van der Waals surface area contributed by atoms with Crippen molar-refractivity contribution in [3.63, 3.8) is 0 Å². The van der Waals surface area contributed by atoms with Crippen molar-refractivity contribution in [2.75, 3.05) is 12.4 Å². The van der Waals surface area contributed by atoms with E-state index in [1.807, 2.05) is 12.1 Å². The Labute approximate surface area is 125 Å². The van der Waals surface area contributed by atoms with Crippen LogP contribution in [0.25, 0.3) is 10.2 Å². The van der Waals surface area contributed by atoms with Gasteiger partial charge in [0, 0.05) is 5.69 Å². The summed E-state index contributed by atoms with van der Waals surface area (Å²) >= 11 is 1.50. The molecule has 21 heavy (non-hydrogen) atoms. The predicted octanol–water partition coefficient (Wildman–Crippen LogP) is 3.92. The number of carbonyl (C=O) groups excluding carboxylic acids is 1. The Morgan fingerprint density at radius 1 is 1.19 bits per heavy atom. The van der Waals surface area contributed by atoms with Gasteiger partial charge >= 0.3 is 6.09 Å². The topological polar surface area (TPSA) is 60.5 Å². The van der Waals surface area contributed by atoms with Crippen LogP contribution in [0.5, 0.6) is 11.5 Å². The first kappa shape index (κ1) is 13.4. The summed E-state index contributed by atoms with van der Waals surface area (Å²) in [6.07, 6.45) is -0.555. The van der Waals surface area contributed by atoms with Crippen LogP contribution in [0.3, 0.4) is 0 Å². The van der Waals surface area contributed by atoms with Crippen molar-refractivity contribution in [1.82, 2.24) is 4.98 Å². The molecule has 106 valence electrons. The molecule has 0 radical (unpaired) electrons. The molecule has 0 saturated carbocycles. The summed E-state index contributed by atoms with van der Waals surface area (Å²) in [6, 6.07) is 12.5. The molecule has 2 aromatic carbocycles. The number of hydrogen-bond acceptors (Lipinski definition) is 5. The normalized spacial score (nSPS) is 10.3. The number of carbonyl (C=O) groups is 1. The van der Waals surface area contributed by atoms with Crippen LogP contribution in [-0.4, -0.2) is 18.2 Å². The summed E-state index contributed by atoms with van der Waals surface area (Å²) in [5.74, 6) is 1.17. The number of fused-ring (bicyclic) bond motifs is 1. The lowest BCUT2D eigenvalue weighted by Gasteiger charge is -2.07. The molecule has 5 nitrogen and oxygen atoms in total. The second-order valence-corrected chi connectivity index (χ2v) is 5.08. The number of ether oxygens (including phenoxy) is 2. The molecule has 0 spiro atoms. The van der Waals surface area contributed by atoms with Crippen LogP contribution in [0.2, 0.25) is 0 Å². The number of para-hydroxylation sites is 1. The molecule has 0 fully saturated rings. The molecule has 0 unspecified atom stereocenters. The maximum Gasteiger partial charge on any atom is 0.417 e. The predicted molar refractivity (Wildman–Crippen MR) is 82.3 cm³/mol. The van der Waals surface area contributed by atoms with E-state index in [0.29, 0.717) is 17.0 Å². The first-order valence-corrected chi connectivity index (χ1v) is 7.09. The SMILES string of the molecule is COc1ccc(NC(=O)Oc2cccc3scnc23)cc1. The van der Waals surface area contributed by atoms with E-state index < -0.39 is 6.09 Å². The molecule has 0 atom stereocenters. The second kappa shape index (κ2) is 5.80. The van der Waals surface area contributed by atoms with Gasteiger partial charge in [-0.05, 0) is 36.4 Å². The summed E-state index contributed by atoms with van der Waals surface area (Å²) in [5, 5.41) is 2.66. The molecule has 0 bridgehead atoms. The highest BCUT2D eigenvalue weighted by atomic mass is 32.1. The van der Waals surface area contributed by atoms with Crippen LogP contribution in [0.15, 0.2) is 48.0 Å². The van der Waals surface area contributed by atoms with Crippen molar-refractivity contribution >= 4 is 33.3 Å². The number of aromatic nitrogens is 1. The van der Waals surface area contributed by atoms with Crippen LogP contribution in [0, 0.1) is 0 Å². The molecule has 0 saturated heterocycles. The second-order valence-electron chi connectivity index (χ2n) is 4.20. The number of thiazole rings is 1. The van der Waals surface area contributed by atoms with Gasteiger partial charge in [-0.15, -0.1) is 11.3 Å². The van der Waals surface area contributed by atoms with Gasteiger partial charge in [0.15, 0.2) is 5.75 Å². The smallest absolute Gasteiger partial charge is 0.417 e. The summed E-state index contributed by atoms with van der Waals surface area (Å²) in [7, 11) is 1.59. The van der Waals surface area contributed by atoms with Crippen LogP contribution in [0.1, 0.15) is 0 Å². The highest BCUT2D eigenvalue weighted by molar-refractivity contribution is 7.16. The Morgan fingerprint density at radius 2 is 2.00 bits per heavy atom. The summed E-state index contributed by atoms with van der Waals surface area (Å²) in [6.45, 7) is 0. The van der Waals surface area contributed by atoms with Crippen molar-refractivity contribution in [3.8, 4) is 11.5 Å². The average molecular weight is 300 g/mol. The Hall–Kier alpha value is -2.60. The van der Waals surface area contributed by atoms with E-state index in [1.54, 1.807) is 43.0 Å². The molecule has 3 rings (SSSR count). The van der Waals surface area contributed by atoms with E-state index >= 15 is 0 Å². The van der Waals surface area contributed by atoms with Crippen LogP contribution >= 0.6 is 11.3 Å². The minimum absolute atomic E-state index is 0.444. The number of nitrogens with one attached hydrogen (secondary N) is 1. The maximum atomic E-state index is 11.9. The molecule has 0 aliphatic rings. The summed E-state index contributed by atoms with van der Waals surface area (Å²) in [5.41, 5.74) is 3.04. The van der Waals surface area contributed by atoms with Gasteiger partial charge in [-0.1, -0.05) is 6.07 Å². The molecule has 6 heteroatoms. The van der Waals surface area contributed by atoms with E-state index in [9.17, 15) is 4.79 Å². The zero-order chi connectivity index (χ0) is 14.7. The Balaban J connectivity index is 1.72. The molecule has 1 N–H and O–H groups in total. The lowest BCUT2D eigenvalue weighted by molar-refractivity contribution is 0.215. The summed E-state index contributed by atoms with van der Waals surface area (Å²) in [4.78, 5) is 16.1. The number of hydrogen-bond donors (Lipinski definition) is 1. The molecule has 1 heterocycles. The highest BCUT2D eigenvalue weighted by Crippen LogP contribution is 2.27. The third-order valence-corrected chi connectivity index (χ3v) is 3.66. The third-order valence-electron chi connectivity index (χ3n) is 2.86. The van der Waals surface area contributed by atoms with E-state index in [-0.39, 0.29) is 0 Å². The van der Waals surface area contributed by atoms with Gasteiger partial charge in [0.05, 0.1) is 17.3 Å². The fraction of sp³-hybridized carbons (Fsp3) is 0.0667. The third kappa shape index (κ3) is 2.95. The first-order chi connectivity index (χ1) is 10.3. The monoisotopic (exact) mass is 300 g/mol. The highest BCUT2D eigenvalue weighted by Gasteiger charge is 2.10. The Kier molecular flexibility index (Phi) is 3.70. The van der Waals surface area contributed by atoms with Crippen LogP contribution < -0.4 is 14.8 Å². The Morgan fingerprint density at radius 3 is 2.76 bits per heavy atom. The van der Waals surface area contributed by atoms with E-state index in [4.69, 9.17) is 9.47 Å². The standard InChI is InChI=1S/C15H12N2O3S/c1-19-11-7-5-10(6-8-11)17-15(18)20-12-3-2-4-13-14(12)16-9-21-13/h2-9H,1H3,(H,17,18). The van der Waals surface area contributed by atoms with Crippen molar-refractivity contribution < 1.29 is 14.3 Å². The maximum absolute atomic E-state index is 11.9. The first-order valence-electron chi connectivity index (χ1n) is 6.21. The molecular formula is C15H12N2O3S. The lowest BCUT2D eigenvalue weighted by atomic mass is 10.3. The quantitative estimate of drug-likeness (QED) is 0.796. The number of amides is 1. The molecule has 0 aliphatic heterocycles. The number of rotatable bonds is 3. The lowest BCUT2D eigenvalue weighted by Crippen LogP contribution is -2.16. The van der Waals surface area contributed by atoms with Gasteiger partial charge in [-0.25, -0.2) is 9.78 Å². The minimum atomic E-state index is -0.555. The number of methoxy groups -OCH3 is 1. The van der Waals surface area contributed by atoms with Gasteiger partial charge in [-0.3, -0.25) is 5.32 Å². The van der Waals surface area contributed by atoms with E-state index in [1.165, 1.54) is 11.3 Å². The minimum Gasteiger partial charge on any atom is -0.497 e. The van der Waals surface area contributed by atoms with E-state index in [0.717, 1.165) is 10.4 Å². The number of nitrogens with zero attached hydrogens (tertiary/aromatic N) is 1. The largest absolute Gasteiger partial charge is 0.497 e. The fourth-order valence-electron chi connectivity index (χ4n) is 1.86. The van der Waals surface area contributed by atoms with Crippen LogP contribution in [0.4, 0.5) is 10.5 Å².